The molecule has 1 atom stereocenters. The second-order valence-corrected chi connectivity index (χ2v) is 7.29. The Kier molecular flexibility index (Phi) is 8.91. The predicted octanol–water partition coefficient (Wildman–Crippen LogP) is 1.93. The Morgan fingerprint density at radius 3 is 2.73 bits per heavy atom. The van der Waals surface area contributed by atoms with Crippen LogP contribution in [0.2, 0.25) is 0 Å². The quantitative estimate of drug-likeness (QED) is 0.398. The minimum atomic E-state index is 0.247. The fraction of sp³-hybridized carbons (Fsp3) is 0.789. The molecule has 1 aliphatic carbocycles. The smallest absolute Gasteiger partial charge is 0.191 e. The van der Waals surface area contributed by atoms with E-state index in [9.17, 15) is 0 Å². The van der Waals surface area contributed by atoms with Crippen LogP contribution in [0, 0.1) is 0 Å². The number of aromatic nitrogens is 2. The van der Waals surface area contributed by atoms with Crippen LogP contribution in [0.15, 0.2) is 17.4 Å². The summed E-state index contributed by atoms with van der Waals surface area (Å²) in [5, 5.41) is 11.1. The number of hydrogen-bond donors (Lipinski definition) is 2. The number of nitrogens with one attached hydrogen (secondary N) is 2. The van der Waals surface area contributed by atoms with E-state index in [2.05, 4.69) is 45.9 Å². The molecule has 0 aromatic carbocycles. The van der Waals surface area contributed by atoms with Crippen molar-refractivity contribution < 1.29 is 4.74 Å². The van der Waals surface area contributed by atoms with Gasteiger partial charge in [0.15, 0.2) is 5.96 Å². The molecule has 2 rings (SSSR count). The lowest BCUT2D eigenvalue weighted by molar-refractivity contribution is 0.0277. The van der Waals surface area contributed by atoms with Crippen molar-refractivity contribution in [1.29, 1.82) is 0 Å². The van der Waals surface area contributed by atoms with Crippen LogP contribution in [0.4, 0.5) is 0 Å². The van der Waals surface area contributed by atoms with Crippen LogP contribution in [0.1, 0.15) is 50.1 Å². The molecule has 7 nitrogen and oxygen atoms in total. The first-order valence-corrected chi connectivity index (χ1v) is 9.81. The molecule has 1 fully saturated rings. The molecule has 1 unspecified atom stereocenters. The summed E-state index contributed by atoms with van der Waals surface area (Å²) in [6, 6.07) is 0.247. The van der Waals surface area contributed by atoms with E-state index in [0.29, 0.717) is 6.10 Å². The molecule has 1 aromatic heterocycles. The molecule has 0 aliphatic heterocycles. The maximum Gasteiger partial charge on any atom is 0.191 e. The maximum absolute atomic E-state index is 5.97. The molecule has 2 N–H and O–H groups in total. The highest BCUT2D eigenvalue weighted by atomic mass is 16.5. The molecule has 1 saturated carbocycles. The van der Waals surface area contributed by atoms with Crippen LogP contribution < -0.4 is 10.6 Å². The highest BCUT2D eigenvalue weighted by Gasteiger charge is 2.16. The van der Waals surface area contributed by atoms with E-state index in [-0.39, 0.29) is 6.04 Å². The summed E-state index contributed by atoms with van der Waals surface area (Å²) >= 11 is 0. The number of aliphatic imine (C=N–C) groups is 1. The van der Waals surface area contributed by atoms with Gasteiger partial charge in [-0.05, 0) is 33.4 Å². The molecule has 148 valence electrons. The Morgan fingerprint density at radius 1 is 1.35 bits per heavy atom. The molecule has 1 aliphatic rings. The third-order valence-corrected chi connectivity index (χ3v) is 4.94. The van der Waals surface area contributed by atoms with Gasteiger partial charge in [0, 0.05) is 45.6 Å². The molecule has 7 heteroatoms. The molecule has 0 spiro atoms. The standard InChI is InChI=1S/C19H36N6O/c1-20-19(21-11-8-12-26-17-9-6-5-7-10-17)22-14-18(24(2)3)16-13-23-25(4)15-16/h13,15,17-18H,5-12,14H2,1-4H3,(H2,20,21,22). The molecule has 26 heavy (non-hydrogen) atoms. The average molecular weight is 365 g/mol. The van der Waals surface area contributed by atoms with Gasteiger partial charge < -0.3 is 20.3 Å². The van der Waals surface area contributed by atoms with Crippen molar-refractivity contribution in [3.63, 3.8) is 0 Å². The lowest BCUT2D eigenvalue weighted by atomic mass is 9.98. The Bertz CT molecular complexity index is 536. The zero-order chi connectivity index (χ0) is 18.8. The van der Waals surface area contributed by atoms with Crippen LogP contribution in [-0.4, -0.2) is 67.6 Å². The van der Waals surface area contributed by atoms with Gasteiger partial charge in [-0.3, -0.25) is 9.67 Å². The number of ether oxygens (including phenoxy) is 1. The first-order chi connectivity index (χ1) is 12.6. The molecule has 0 radical (unpaired) electrons. The summed E-state index contributed by atoms with van der Waals surface area (Å²) < 4.78 is 7.81. The van der Waals surface area contributed by atoms with Crippen molar-refractivity contribution in [2.75, 3.05) is 40.8 Å². The lowest BCUT2D eigenvalue weighted by Crippen LogP contribution is -2.42. The predicted molar refractivity (Wildman–Crippen MR) is 106 cm³/mol. The van der Waals surface area contributed by atoms with Gasteiger partial charge in [-0.15, -0.1) is 0 Å². The molecular formula is C19H36N6O. The van der Waals surface area contributed by atoms with Crippen molar-refractivity contribution in [3.05, 3.63) is 18.0 Å². The van der Waals surface area contributed by atoms with Gasteiger partial charge in [0.25, 0.3) is 0 Å². The third-order valence-electron chi connectivity index (χ3n) is 4.94. The van der Waals surface area contributed by atoms with Gasteiger partial charge in [-0.25, -0.2) is 0 Å². The number of likely N-dealkylation sites (N-methyl/N-ethyl adjacent to an activating group) is 1. The summed E-state index contributed by atoms with van der Waals surface area (Å²) in [6.45, 7) is 2.47. The summed E-state index contributed by atoms with van der Waals surface area (Å²) in [4.78, 5) is 6.51. The zero-order valence-electron chi connectivity index (χ0n) is 16.9. The molecule has 1 heterocycles. The van der Waals surface area contributed by atoms with E-state index in [4.69, 9.17) is 4.74 Å². The van der Waals surface area contributed by atoms with Gasteiger partial charge in [-0.2, -0.15) is 5.10 Å². The second-order valence-electron chi connectivity index (χ2n) is 7.29. The Balaban J connectivity index is 1.66. The average Bonchev–Trinajstić information content (AvgIpc) is 3.06. The van der Waals surface area contributed by atoms with Crippen LogP contribution in [0.25, 0.3) is 0 Å². The Morgan fingerprint density at radius 2 is 2.12 bits per heavy atom. The molecule has 0 saturated heterocycles. The molecule has 1 aromatic rings. The van der Waals surface area contributed by atoms with E-state index in [1.807, 2.05) is 25.0 Å². The fourth-order valence-electron chi connectivity index (χ4n) is 3.39. The van der Waals surface area contributed by atoms with Crippen molar-refractivity contribution in [3.8, 4) is 0 Å². The number of guanidine groups is 1. The summed E-state index contributed by atoms with van der Waals surface area (Å²) in [6.07, 6.45) is 12.0. The van der Waals surface area contributed by atoms with E-state index < -0.39 is 0 Å². The zero-order valence-corrected chi connectivity index (χ0v) is 16.9. The minimum Gasteiger partial charge on any atom is -0.378 e. The first-order valence-electron chi connectivity index (χ1n) is 9.81. The lowest BCUT2D eigenvalue weighted by Gasteiger charge is -2.24. The van der Waals surface area contributed by atoms with Gasteiger partial charge in [0.2, 0.25) is 0 Å². The number of hydrogen-bond acceptors (Lipinski definition) is 4. The molecule has 0 amide bonds. The van der Waals surface area contributed by atoms with Gasteiger partial charge >= 0.3 is 0 Å². The fourth-order valence-corrected chi connectivity index (χ4v) is 3.39. The highest BCUT2D eigenvalue weighted by molar-refractivity contribution is 5.79. The molecule has 0 bridgehead atoms. The van der Waals surface area contributed by atoms with Crippen LogP contribution in [-0.2, 0) is 11.8 Å². The summed E-state index contributed by atoms with van der Waals surface area (Å²) in [7, 11) is 7.92. The topological polar surface area (TPSA) is 66.7 Å². The van der Waals surface area contributed by atoms with Gasteiger partial charge in [-0.1, -0.05) is 19.3 Å². The van der Waals surface area contributed by atoms with E-state index in [1.54, 1.807) is 0 Å². The maximum atomic E-state index is 5.97. The number of nitrogens with zero attached hydrogens (tertiary/aromatic N) is 4. The minimum absolute atomic E-state index is 0.247. The number of aryl methyl sites for hydroxylation is 1. The van der Waals surface area contributed by atoms with Crippen LogP contribution >= 0.6 is 0 Å². The monoisotopic (exact) mass is 364 g/mol. The normalized spacial score (nSPS) is 17.5. The van der Waals surface area contributed by atoms with Crippen LogP contribution in [0.3, 0.4) is 0 Å². The third kappa shape index (κ3) is 6.96. The summed E-state index contributed by atoms with van der Waals surface area (Å²) in [5.74, 6) is 0.832. The van der Waals surface area contributed by atoms with E-state index in [1.165, 1.54) is 37.7 Å². The van der Waals surface area contributed by atoms with Crippen molar-refractivity contribution in [1.82, 2.24) is 25.3 Å². The number of rotatable bonds is 9. The van der Waals surface area contributed by atoms with Crippen LogP contribution in [0.5, 0.6) is 0 Å². The van der Waals surface area contributed by atoms with E-state index in [0.717, 1.165) is 32.1 Å². The second kappa shape index (κ2) is 11.2. The Hall–Kier alpha value is -1.60. The SMILES string of the molecule is CN=C(NCCCOC1CCCCC1)NCC(c1cnn(C)c1)N(C)C. The largest absolute Gasteiger partial charge is 0.378 e. The highest BCUT2D eigenvalue weighted by Crippen LogP contribution is 2.20. The van der Waals surface area contributed by atoms with Gasteiger partial charge in [0.05, 0.1) is 18.3 Å². The van der Waals surface area contributed by atoms with Crippen molar-refractivity contribution in [2.24, 2.45) is 12.0 Å². The van der Waals surface area contributed by atoms with Crippen molar-refractivity contribution >= 4 is 5.96 Å². The Labute approximate surface area is 158 Å². The summed E-state index contributed by atoms with van der Waals surface area (Å²) in [5.41, 5.74) is 1.20. The first kappa shape index (κ1) is 20.7. The van der Waals surface area contributed by atoms with Gasteiger partial charge in [0.1, 0.15) is 0 Å². The van der Waals surface area contributed by atoms with Crippen molar-refractivity contribution in [2.45, 2.75) is 50.7 Å². The molecular weight excluding hydrogens is 328 g/mol. The van der Waals surface area contributed by atoms with E-state index >= 15 is 0 Å².